The van der Waals surface area contributed by atoms with Crippen molar-refractivity contribution in [3.05, 3.63) is 35.1 Å². The van der Waals surface area contributed by atoms with Crippen LogP contribution >= 0.6 is 0 Å². The van der Waals surface area contributed by atoms with Gasteiger partial charge in [0, 0.05) is 12.5 Å². The smallest absolute Gasteiger partial charge is 0.194 e. The standard InChI is InChI=1S/C12H12F3N/c1-3-5-11(16-4-2)8-6-9(13)12(15)10(14)7-8/h1,6-7,11,16H,4-5H2,2H3. The van der Waals surface area contributed by atoms with Gasteiger partial charge >= 0.3 is 0 Å². The van der Waals surface area contributed by atoms with Gasteiger partial charge < -0.3 is 5.32 Å². The molecule has 0 fully saturated rings. The zero-order chi connectivity index (χ0) is 12.1. The van der Waals surface area contributed by atoms with Crippen molar-refractivity contribution in [3.8, 4) is 12.3 Å². The minimum absolute atomic E-state index is 0.290. The van der Waals surface area contributed by atoms with Crippen LogP contribution < -0.4 is 5.32 Å². The lowest BCUT2D eigenvalue weighted by atomic mass is 10.0. The molecule has 0 aliphatic rings. The van der Waals surface area contributed by atoms with Gasteiger partial charge in [0.1, 0.15) is 0 Å². The van der Waals surface area contributed by atoms with Gasteiger partial charge in [-0.1, -0.05) is 6.92 Å². The van der Waals surface area contributed by atoms with E-state index in [9.17, 15) is 13.2 Å². The summed E-state index contributed by atoms with van der Waals surface area (Å²) in [6.45, 7) is 2.45. The summed E-state index contributed by atoms with van der Waals surface area (Å²) in [4.78, 5) is 0. The number of halogens is 3. The number of terminal acetylenes is 1. The van der Waals surface area contributed by atoms with Crippen LogP contribution in [0.1, 0.15) is 24.9 Å². The van der Waals surface area contributed by atoms with Gasteiger partial charge in [-0.25, -0.2) is 13.2 Å². The lowest BCUT2D eigenvalue weighted by molar-refractivity contribution is 0.440. The van der Waals surface area contributed by atoms with Crippen molar-refractivity contribution >= 4 is 0 Å². The Morgan fingerprint density at radius 2 is 1.88 bits per heavy atom. The van der Waals surface area contributed by atoms with Crippen molar-refractivity contribution in [1.29, 1.82) is 0 Å². The number of hydrogen-bond donors (Lipinski definition) is 1. The van der Waals surface area contributed by atoms with Gasteiger partial charge in [0.2, 0.25) is 0 Å². The fraction of sp³-hybridized carbons (Fsp3) is 0.333. The van der Waals surface area contributed by atoms with Crippen LogP contribution in [0.15, 0.2) is 12.1 Å². The second kappa shape index (κ2) is 5.57. The molecule has 0 bridgehead atoms. The molecule has 16 heavy (non-hydrogen) atoms. The molecule has 1 atom stereocenters. The first kappa shape index (κ1) is 12.6. The predicted molar refractivity (Wildman–Crippen MR) is 56.2 cm³/mol. The van der Waals surface area contributed by atoms with Crippen molar-refractivity contribution in [2.75, 3.05) is 6.54 Å². The maximum Gasteiger partial charge on any atom is 0.194 e. The minimum atomic E-state index is -1.46. The predicted octanol–water partition coefficient (Wildman–Crippen LogP) is 2.78. The van der Waals surface area contributed by atoms with Gasteiger partial charge in [-0.15, -0.1) is 12.3 Å². The van der Waals surface area contributed by atoms with Gasteiger partial charge in [-0.05, 0) is 24.2 Å². The van der Waals surface area contributed by atoms with Crippen LogP contribution in [0.5, 0.6) is 0 Å². The average Bonchev–Trinajstić information content (AvgIpc) is 2.25. The minimum Gasteiger partial charge on any atom is -0.309 e. The Labute approximate surface area is 92.7 Å². The van der Waals surface area contributed by atoms with Crippen molar-refractivity contribution in [3.63, 3.8) is 0 Å². The molecule has 86 valence electrons. The molecular weight excluding hydrogens is 215 g/mol. The lowest BCUT2D eigenvalue weighted by Crippen LogP contribution is -2.21. The zero-order valence-corrected chi connectivity index (χ0v) is 8.86. The summed E-state index contributed by atoms with van der Waals surface area (Å²) in [5.41, 5.74) is 0.316. The van der Waals surface area contributed by atoms with E-state index < -0.39 is 17.5 Å². The van der Waals surface area contributed by atoms with E-state index >= 15 is 0 Å². The van der Waals surface area contributed by atoms with E-state index in [1.807, 2.05) is 6.92 Å². The first-order chi connectivity index (χ1) is 7.60. The Hall–Kier alpha value is -1.47. The molecule has 1 rings (SSSR count). The Bertz CT molecular complexity index is 386. The normalized spacial score (nSPS) is 12.2. The molecule has 1 N–H and O–H groups in total. The van der Waals surface area contributed by atoms with Crippen LogP contribution in [0.25, 0.3) is 0 Å². The largest absolute Gasteiger partial charge is 0.309 e. The quantitative estimate of drug-likeness (QED) is 0.616. The Balaban J connectivity index is 3.05. The third kappa shape index (κ3) is 2.77. The Kier molecular flexibility index (Phi) is 4.39. The van der Waals surface area contributed by atoms with Crippen molar-refractivity contribution in [1.82, 2.24) is 5.32 Å². The Morgan fingerprint density at radius 1 is 1.31 bits per heavy atom. The van der Waals surface area contributed by atoms with Gasteiger partial charge in [0.05, 0.1) is 0 Å². The summed E-state index contributed by atoms with van der Waals surface area (Å²) in [6.07, 6.45) is 5.44. The summed E-state index contributed by atoms with van der Waals surface area (Å²) in [6, 6.07) is 1.56. The molecule has 0 radical (unpaired) electrons. The summed E-state index contributed by atoms with van der Waals surface area (Å²) < 4.78 is 38.7. The highest BCUT2D eigenvalue weighted by Crippen LogP contribution is 2.21. The van der Waals surface area contributed by atoms with E-state index in [1.54, 1.807) is 0 Å². The monoisotopic (exact) mass is 227 g/mol. The van der Waals surface area contributed by atoms with Crippen LogP contribution in [0.2, 0.25) is 0 Å². The summed E-state index contributed by atoms with van der Waals surface area (Å²) in [7, 11) is 0. The number of nitrogens with one attached hydrogen (secondary N) is 1. The number of benzene rings is 1. The highest BCUT2D eigenvalue weighted by atomic mass is 19.2. The SMILES string of the molecule is C#CCC(NCC)c1cc(F)c(F)c(F)c1. The van der Waals surface area contributed by atoms with E-state index in [2.05, 4.69) is 11.2 Å². The van der Waals surface area contributed by atoms with Gasteiger partial charge in [0.25, 0.3) is 0 Å². The van der Waals surface area contributed by atoms with E-state index in [1.165, 1.54) is 0 Å². The Morgan fingerprint density at radius 3 is 2.31 bits per heavy atom. The second-order valence-corrected chi connectivity index (χ2v) is 3.32. The number of rotatable bonds is 4. The van der Waals surface area contributed by atoms with E-state index in [0.29, 0.717) is 18.5 Å². The first-order valence-corrected chi connectivity index (χ1v) is 4.91. The highest BCUT2D eigenvalue weighted by molar-refractivity contribution is 5.23. The van der Waals surface area contributed by atoms with Gasteiger partial charge in [-0.3, -0.25) is 0 Å². The molecule has 0 aliphatic carbocycles. The molecule has 4 heteroatoms. The molecule has 0 spiro atoms. The molecule has 0 saturated carbocycles. The molecule has 1 aromatic carbocycles. The van der Waals surface area contributed by atoms with Crippen molar-refractivity contribution < 1.29 is 13.2 Å². The fourth-order valence-electron chi connectivity index (χ4n) is 1.45. The summed E-state index contributed by atoms with van der Waals surface area (Å²) in [5.74, 6) is -1.45. The van der Waals surface area contributed by atoms with Gasteiger partial charge in [-0.2, -0.15) is 0 Å². The lowest BCUT2D eigenvalue weighted by Gasteiger charge is -2.16. The molecular formula is C12H12F3N. The number of hydrogen-bond acceptors (Lipinski definition) is 1. The highest BCUT2D eigenvalue weighted by Gasteiger charge is 2.15. The summed E-state index contributed by atoms with van der Waals surface area (Å²) >= 11 is 0. The fourth-order valence-corrected chi connectivity index (χ4v) is 1.45. The molecule has 1 unspecified atom stereocenters. The second-order valence-electron chi connectivity index (χ2n) is 3.32. The third-order valence-electron chi connectivity index (χ3n) is 2.18. The molecule has 0 saturated heterocycles. The van der Waals surface area contributed by atoms with Crippen LogP contribution in [0, 0.1) is 29.8 Å². The van der Waals surface area contributed by atoms with Crippen molar-refractivity contribution in [2.45, 2.75) is 19.4 Å². The van der Waals surface area contributed by atoms with E-state index in [4.69, 9.17) is 6.42 Å². The molecule has 0 amide bonds. The van der Waals surface area contributed by atoms with Crippen LogP contribution in [-0.2, 0) is 0 Å². The molecule has 1 nitrogen and oxygen atoms in total. The molecule has 0 aromatic heterocycles. The van der Waals surface area contributed by atoms with Crippen LogP contribution in [0.4, 0.5) is 13.2 Å². The maximum atomic E-state index is 13.0. The zero-order valence-electron chi connectivity index (χ0n) is 8.86. The van der Waals surface area contributed by atoms with E-state index in [0.717, 1.165) is 12.1 Å². The van der Waals surface area contributed by atoms with Crippen molar-refractivity contribution in [2.24, 2.45) is 0 Å². The topological polar surface area (TPSA) is 12.0 Å². The van der Waals surface area contributed by atoms with E-state index in [-0.39, 0.29) is 6.04 Å². The first-order valence-electron chi connectivity index (χ1n) is 4.91. The molecule has 0 heterocycles. The van der Waals surface area contributed by atoms with Crippen LogP contribution in [0.3, 0.4) is 0 Å². The summed E-state index contributed by atoms with van der Waals surface area (Å²) in [5, 5.41) is 2.98. The molecule has 0 aliphatic heterocycles. The maximum absolute atomic E-state index is 13.0. The van der Waals surface area contributed by atoms with Crippen LogP contribution in [-0.4, -0.2) is 6.54 Å². The third-order valence-corrected chi connectivity index (χ3v) is 2.18. The average molecular weight is 227 g/mol. The molecule has 1 aromatic rings. The van der Waals surface area contributed by atoms with Gasteiger partial charge in [0.15, 0.2) is 17.5 Å².